The van der Waals surface area contributed by atoms with Crippen molar-refractivity contribution < 1.29 is 8.78 Å². The number of anilines is 2. The van der Waals surface area contributed by atoms with Gasteiger partial charge in [0.1, 0.15) is 11.6 Å². The molecule has 0 unspecified atom stereocenters. The third-order valence-electron chi connectivity index (χ3n) is 1.69. The van der Waals surface area contributed by atoms with E-state index in [1.807, 2.05) is 0 Å². The van der Waals surface area contributed by atoms with Crippen LogP contribution in [-0.2, 0) is 0 Å². The predicted molar refractivity (Wildman–Crippen MR) is 51.3 cm³/mol. The molecule has 1 aromatic heterocycles. The van der Waals surface area contributed by atoms with E-state index in [2.05, 4.69) is 10.4 Å². The lowest BCUT2D eigenvalue weighted by atomic mass is 10.4. The number of rotatable bonds is 4. The fourth-order valence-electron chi connectivity index (χ4n) is 1.02. The van der Waals surface area contributed by atoms with Crippen molar-refractivity contribution >= 4 is 11.6 Å². The van der Waals surface area contributed by atoms with Gasteiger partial charge in [0.2, 0.25) is 0 Å². The highest BCUT2D eigenvalue weighted by Gasteiger charge is 2.09. The first kappa shape index (κ1) is 10.6. The molecule has 1 heterocycles. The summed E-state index contributed by atoms with van der Waals surface area (Å²) in [6.07, 6.45) is -2.38. The van der Waals surface area contributed by atoms with Crippen LogP contribution in [0, 0.1) is 0 Å². The molecule has 0 atom stereocenters. The number of hydrogen-bond donors (Lipinski definition) is 2. The fourth-order valence-corrected chi connectivity index (χ4v) is 1.02. The van der Waals surface area contributed by atoms with Gasteiger partial charge in [-0.2, -0.15) is 0 Å². The first-order valence-corrected chi connectivity index (χ1v) is 4.06. The van der Waals surface area contributed by atoms with Crippen molar-refractivity contribution in [2.75, 3.05) is 23.9 Å². The molecule has 0 radical (unpaired) electrons. The van der Waals surface area contributed by atoms with Gasteiger partial charge in [0.25, 0.3) is 6.43 Å². The number of nitrogens with two attached hydrogens (primary N) is 1. The Hall–Kier alpha value is -1.43. The molecule has 0 saturated carbocycles. The van der Waals surface area contributed by atoms with Crippen LogP contribution in [0.5, 0.6) is 0 Å². The Kier molecular flexibility index (Phi) is 3.58. The van der Waals surface area contributed by atoms with Crippen LogP contribution in [0.25, 0.3) is 0 Å². The monoisotopic (exact) mass is 202 g/mol. The first-order valence-electron chi connectivity index (χ1n) is 4.06. The van der Waals surface area contributed by atoms with Crippen molar-refractivity contribution in [3.63, 3.8) is 0 Å². The Balaban J connectivity index is 2.73. The number of hydrogen-bond acceptors (Lipinski definition) is 4. The molecule has 0 spiro atoms. The van der Waals surface area contributed by atoms with E-state index in [1.54, 1.807) is 25.2 Å². The van der Waals surface area contributed by atoms with E-state index in [0.717, 1.165) is 0 Å². The summed E-state index contributed by atoms with van der Waals surface area (Å²) in [4.78, 5) is 5.37. The second-order valence-electron chi connectivity index (χ2n) is 2.80. The number of hydrazine groups is 1. The molecule has 0 bridgehead atoms. The smallest absolute Gasteiger partial charge is 0.255 e. The molecule has 0 saturated heterocycles. The molecule has 0 aromatic carbocycles. The average molecular weight is 202 g/mol. The number of halogens is 2. The Bertz CT molecular complexity index is 292. The van der Waals surface area contributed by atoms with Crippen molar-refractivity contribution in [3.8, 4) is 0 Å². The summed E-state index contributed by atoms with van der Waals surface area (Å²) in [5, 5.41) is 0. The lowest BCUT2D eigenvalue weighted by molar-refractivity contribution is 0.156. The van der Waals surface area contributed by atoms with E-state index in [9.17, 15) is 8.78 Å². The second-order valence-corrected chi connectivity index (χ2v) is 2.80. The molecule has 0 fully saturated rings. The van der Waals surface area contributed by atoms with Crippen molar-refractivity contribution in [3.05, 3.63) is 18.2 Å². The van der Waals surface area contributed by atoms with E-state index in [1.165, 1.54) is 4.90 Å². The molecule has 0 aliphatic carbocycles. The largest absolute Gasteiger partial charge is 0.354 e. The second kappa shape index (κ2) is 4.71. The molecule has 0 amide bonds. The third kappa shape index (κ3) is 2.81. The minimum absolute atomic E-state index is 0.346. The Morgan fingerprint density at radius 2 is 2.29 bits per heavy atom. The quantitative estimate of drug-likeness (QED) is 0.566. The molecular formula is C8H12F2N4. The molecule has 6 heteroatoms. The van der Waals surface area contributed by atoms with Gasteiger partial charge in [0.05, 0.1) is 6.54 Å². The highest BCUT2D eigenvalue weighted by atomic mass is 19.3. The lowest BCUT2D eigenvalue weighted by Gasteiger charge is -2.17. The van der Waals surface area contributed by atoms with Gasteiger partial charge in [-0.1, -0.05) is 6.07 Å². The summed E-state index contributed by atoms with van der Waals surface area (Å²) in [5.41, 5.74) is 2.35. The maximum Gasteiger partial charge on any atom is 0.255 e. The van der Waals surface area contributed by atoms with Gasteiger partial charge in [-0.3, -0.25) is 0 Å². The van der Waals surface area contributed by atoms with Gasteiger partial charge in [-0.25, -0.2) is 19.6 Å². The zero-order valence-electron chi connectivity index (χ0n) is 7.74. The number of nitrogen functional groups attached to an aromatic ring is 1. The molecule has 0 aliphatic heterocycles. The van der Waals surface area contributed by atoms with Crippen molar-refractivity contribution in [2.24, 2.45) is 5.84 Å². The molecule has 1 aromatic rings. The van der Waals surface area contributed by atoms with E-state index in [0.29, 0.717) is 11.6 Å². The average Bonchev–Trinajstić information content (AvgIpc) is 2.17. The van der Waals surface area contributed by atoms with E-state index in [-0.39, 0.29) is 6.54 Å². The van der Waals surface area contributed by atoms with Crippen molar-refractivity contribution in [1.29, 1.82) is 0 Å². The van der Waals surface area contributed by atoms with Crippen LogP contribution in [0.4, 0.5) is 20.4 Å². The summed E-state index contributed by atoms with van der Waals surface area (Å²) < 4.78 is 24.1. The fraction of sp³-hybridized carbons (Fsp3) is 0.375. The number of alkyl halides is 2. The minimum Gasteiger partial charge on any atom is -0.354 e. The minimum atomic E-state index is -2.38. The first-order chi connectivity index (χ1) is 6.63. The third-order valence-corrected chi connectivity index (χ3v) is 1.69. The van der Waals surface area contributed by atoms with Crippen LogP contribution in [0.15, 0.2) is 18.2 Å². The maximum atomic E-state index is 12.0. The zero-order chi connectivity index (χ0) is 10.6. The van der Waals surface area contributed by atoms with Crippen LogP contribution in [0.2, 0.25) is 0 Å². The highest BCUT2D eigenvalue weighted by molar-refractivity contribution is 5.45. The molecular weight excluding hydrogens is 190 g/mol. The van der Waals surface area contributed by atoms with Gasteiger partial charge in [-0.15, -0.1) is 0 Å². The van der Waals surface area contributed by atoms with E-state index >= 15 is 0 Å². The highest BCUT2D eigenvalue weighted by Crippen LogP contribution is 2.12. The molecule has 14 heavy (non-hydrogen) atoms. The van der Waals surface area contributed by atoms with Gasteiger partial charge in [0, 0.05) is 7.05 Å². The maximum absolute atomic E-state index is 12.0. The molecule has 0 aliphatic rings. The van der Waals surface area contributed by atoms with E-state index < -0.39 is 6.43 Å². The normalized spacial score (nSPS) is 10.4. The molecule has 3 N–H and O–H groups in total. The number of pyridine rings is 1. The predicted octanol–water partition coefficient (Wildman–Crippen LogP) is 1.07. The van der Waals surface area contributed by atoms with Gasteiger partial charge in [0.15, 0.2) is 0 Å². The Morgan fingerprint density at radius 1 is 1.57 bits per heavy atom. The topological polar surface area (TPSA) is 54.2 Å². The van der Waals surface area contributed by atoms with Crippen LogP contribution in [-0.4, -0.2) is 25.0 Å². The Labute approximate surface area is 80.7 Å². The summed E-state index contributed by atoms with van der Waals surface area (Å²) in [6, 6.07) is 4.99. The SMILES string of the molecule is CN(CC(F)F)c1cccc(NN)n1. The van der Waals surface area contributed by atoms with Gasteiger partial charge < -0.3 is 10.3 Å². The zero-order valence-corrected chi connectivity index (χ0v) is 7.74. The summed E-state index contributed by atoms with van der Waals surface area (Å²) in [6.45, 7) is -0.346. The Morgan fingerprint density at radius 3 is 2.86 bits per heavy atom. The van der Waals surface area contributed by atoms with Crippen LogP contribution >= 0.6 is 0 Å². The standard InChI is InChI=1S/C8H12F2N4/c1-14(5-6(9)10)8-4-2-3-7(12-8)13-11/h2-4,6H,5,11H2,1H3,(H,12,13). The number of nitrogens with zero attached hydrogens (tertiary/aromatic N) is 2. The molecule has 78 valence electrons. The summed E-state index contributed by atoms with van der Waals surface area (Å²) >= 11 is 0. The van der Waals surface area contributed by atoms with Gasteiger partial charge in [-0.05, 0) is 12.1 Å². The lowest BCUT2D eigenvalue weighted by Crippen LogP contribution is -2.25. The van der Waals surface area contributed by atoms with E-state index in [4.69, 9.17) is 5.84 Å². The van der Waals surface area contributed by atoms with Crippen molar-refractivity contribution in [2.45, 2.75) is 6.43 Å². The van der Waals surface area contributed by atoms with Crippen molar-refractivity contribution in [1.82, 2.24) is 4.98 Å². The molecule has 1 rings (SSSR count). The van der Waals surface area contributed by atoms with Crippen LogP contribution < -0.4 is 16.2 Å². The molecule has 4 nitrogen and oxygen atoms in total. The van der Waals surface area contributed by atoms with Gasteiger partial charge >= 0.3 is 0 Å². The number of aromatic nitrogens is 1. The summed E-state index contributed by atoms with van der Waals surface area (Å²) in [7, 11) is 1.55. The van der Waals surface area contributed by atoms with Crippen LogP contribution in [0.3, 0.4) is 0 Å². The number of nitrogens with one attached hydrogen (secondary N) is 1. The van der Waals surface area contributed by atoms with Crippen LogP contribution in [0.1, 0.15) is 0 Å². The summed E-state index contributed by atoms with van der Waals surface area (Å²) in [5.74, 6) is 6.05.